The van der Waals surface area contributed by atoms with Gasteiger partial charge in [0.2, 0.25) is 0 Å². The van der Waals surface area contributed by atoms with Crippen LogP contribution >= 0.6 is 0 Å². The summed E-state index contributed by atoms with van der Waals surface area (Å²) in [7, 11) is 0. The first-order chi connectivity index (χ1) is 12.5. The summed E-state index contributed by atoms with van der Waals surface area (Å²) in [5, 5.41) is 6.32. The molecule has 0 saturated carbocycles. The van der Waals surface area contributed by atoms with Gasteiger partial charge in [-0.1, -0.05) is 18.2 Å². The zero-order valence-electron chi connectivity index (χ0n) is 14.6. The van der Waals surface area contributed by atoms with Gasteiger partial charge in [-0.25, -0.2) is 4.99 Å². The Hall–Kier alpha value is -2.64. The fourth-order valence-corrected chi connectivity index (χ4v) is 2.26. The quantitative estimate of drug-likeness (QED) is 0.556. The molecule has 0 aliphatic carbocycles. The summed E-state index contributed by atoms with van der Waals surface area (Å²) in [4.78, 5) is 4.43. The minimum atomic E-state index is -4.37. The molecule has 1 aromatic carbocycles. The molecule has 2 N–H and O–H groups in total. The number of guanidine groups is 1. The molecule has 0 atom stereocenters. The number of ether oxygens (including phenoxy) is 1. The van der Waals surface area contributed by atoms with Crippen molar-refractivity contribution in [1.82, 2.24) is 15.2 Å². The van der Waals surface area contributed by atoms with Gasteiger partial charge in [0.25, 0.3) is 0 Å². The molecule has 2 rings (SSSR count). The van der Waals surface area contributed by atoms with Crippen molar-refractivity contribution in [2.75, 3.05) is 19.7 Å². The molecule has 8 heteroatoms. The fraction of sp³-hybridized carbons (Fsp3) is 0.389. The largest absolute Gasteiger partial charge is 0.484 e. The molecule has 26 heavy (non-hydrogen) atoms. The predicted molar refractivity (Wildman–Crippen MR) is 95.2 cm³/mol. The normalized spacial score (nSPS) is 12.1. The average molecular weight is 368 g/mol. The van der Waals surface area contributed by atoms with E-state index in [-0.39, 0.29) is 12.3 Å². The van der Waals surface area contributed by atoms with Crippen molar-refractivity contribution >= 4 is 5.96 Å². The highest BCUT2D eigenvalue weighted by molar-refractivity contribution is 5.79. The van der Waals surface area contributed by atoms with Gasteiger partial charge in [0.1, 0.15) is 5.75 Å². The lowest BCUT2D eigenvalue weighted by Crippen LogP contribution is -2.38. The van der Waals surface area contributed by atoms with Gasteiger partial charge >= 0.3 is 6.18 Å². The van der Waals surface area contributed by atoms with E-state index < -0.39 is 12.8 Å². The Bertz CT molecular complexity index is 684. The second-order valence-electron chi connectivity index (χ2n) is 5.55. The van der Waals surface area contributed by atoms with E-state index >= 15 is 0 Å². The number of alkyl halides is 3. The number of aromatic nitrogens is 1. The van der Waals surface area contributed by atoms with Crippen LogP contribution in [0.25, 0.3) is 0 Å². The molecule has 0 aliphatic heterocycles. The number of halogens is 3. The van der Waals surface area contributed by atoms with E-state index in [1.54, 1.807) is 18.2 Å². The van der Waals surface area contributed by atoms with Crippen molar-refractivity contribution in [3.05, 3.63) is 54.4 Å². The van der Waals surface area contributed by atoms with Crippen LogP contribution < -0.4 is 15.4 Å². The Morgan fingerprint density at radius 2 is 1.85 bits per heavy atom. The smallest absolute Gasteiger partial charge is 0.422 e. The molecule has 1 heterocycles. The maximum absolute atomic E-state index is 12.4. The van der Waals surface area contributed by atoms with Gasteiger partial charge in [-0.3, -0.25) is 0 Å². The van der Waals surface area contributed by atoms with Crippen LogP contribution in [-0.4, -0.2) is 36.4 Å². The van der Waals surface area contributed by atoms with Crippen LogP contribution in [0.3, 0.4) is 0 Å². The van der Waals surface area contributed by atoms with Crippen molar-refractivity contribution < 1.29 is 17.9 Å². The minimum absolute atomic E-state index is 0.191. The summed E-state index contributed by atoms with van der Waals surface area (Å²) in [6.45, 7) is 2.98. The van der Waals surface area contributed by atoms with E-state index in [9.17, 15) is 13.2 Å². The summed E-state index contributed by atoms with van der Waals surface area (Å²) in [5.41, 5.74) is 0.597. The van der Waals surface area contributed by atoms with Crippen molar-refractivity contribution in [2.24, 2.45) is 4.99 Å². The van der Waals surface area contributed by atoms with Gasteiger partial charge in [0, 0.05) is 37.6 Å². The monoisotopic (exact) mass is 368 g/mol. The Morgan fingerprint density at radius 3 is 2.54 bits per heavy atom. The lowest BCUT2D eigenvalue weighted by atomic mass is 10.2. The summed E-state index contributed by atoms with van der Waals surface area (Å²) >= 11 is 0. The molecule has 0 unspecified atom stereocenters. The predicted octanol–water partition coefficient (Wildman–Crippen LogP) is 3.18. The first kappa shape index (κ1) is 19.7. The zero-order valence-corrected chi connectivity index (χ0v) is 14.6. The van der Waals surface area contributed by atoms with Crippen LogP contribution in [0, 0.1) is 0 Å². The highest BCUT2D eigenvalue weighted by Crippen LogP contribution is 2.22. The van der Waals surface area contributed by atoms with Crippen molar-refractivity contribution in [3.63, 3.8) is 0 Å². The number of aliphatic imine (C=N–C) groups is 1. The Morgan fingerprint density at radius 1 is 1.12 bits per heavy atom. The number of benzene rings is 1. The van der Waals surface area contributed by atoms with Crippen molar-refractivity contribution in [1.29, 1.82) is 0 Å². The van der Waals surface area contributed by atoms with Crippen LogP contribution in [0.5, 0.6) is 5.75 Å². The standard InChI is InChI=1S/C18H23F3N4O/c1-2-22-17(23-9-12-25-10-5-6-11-25)24-13-15-7-3-4-8-16(15)26-14-18(19,20)21/h3-8,10-11H,2,9,12-14H2,1H3,(H2,22,23,24). The number of nitrogens with zero attached hydrogens (tertiary/aromatic N) is 2. The number of nitrogens with one attached hydrogen (secondary N) is 2. The molecule has 0 radical (unpaired) electrons. The van der Waals surface area contributed by atoms with Gasteiger partial charge in [-0.15, -0.1) is 0 Å². The van der Waals surface area contributed by atoms with Crippen LogP contribution in [-0.2, 0) is 13.1 Å². The van der Waals surface area contributed by atoms with E-state index in [0.29, 0.717) is 24.6 Å². The Labute approximate surface area is 150 Å². The highest BCUT2D eigenvalue weighted by atomic mass is 19.4. The van der Waals surface area contributed by atoms with E-state index in [4.69, 9.17) is 4.74 Å². The lowest BCUT2D eigenvalue weighted by Gasteiger charge is -2.14. The molecule has 0 saturated heterocycles. The molecular formula is C18H23F3N4O. The molecule has 2 aromatic rings. The summed E-state index contributed by atoms with van der Waals surface area (Å²) in [6, 6.07) is 10.5. The van der Waals surface area contributed by atoms with Gasteiger partial charge in [0.15, 0.2) is 12.6 Å². The molecule has 0 fully saturated rings. The zero-order chi connectivity index (χ0) is 18.8. The van der Waals surface area contributed by atoms with Crippen LogP contribution in [0.4, 0.5) is 13.2 Å². The molecule has 0 aliphatic rings. The van der Waals surface area contributed by atoms with Crippen molar-refractivity contribution in [3.8, 4) is 5.75 Å². The average Bonchev–Trinajstić information content (AvgIpc) is 3.11. The molecule has 1 aromatic heterocycles. The minimum Gasteiger partial charge on any atom is -0.484 e. The van der Waals surface area contributed by atoms with Crippen molar-refractivity contribution in [2.45, 2.75) is 26.2 Å². The number of rotatable bonds is 8. The maximum atomic E-state index is 12.4. The van der Waals surface area contributed by atoms with Crippen LogP contribution in [0.15, 0.2) is 53.8 Å². The summed E-state index contributed by atoms with van der Waals surface area (Å²) in [5.74, 6) is 0.794. The SMILES string of the molecule is CCNC(=NCc1ccccc1OCC(F)(F)F)NCCn1cccc1. The second kappa shape index (κ2) is 9.74. The maximum Gasteiger partial charge on any atom is 0.422 e. The second-order valence-corrected chi connectivity index (χ2v) is 5.55. The van der Waals surface area contributed by atoms with Crippen LogP contribution in [0.1, 0.15) is 12.5 Å². The lowest BCUT2D eigenvalue weighted by molar-refractivity contribution is -0.153. The summed E-state index contributed by atoms with van der Waals surface area (Å²) in [6.07, 6.45) is -0.425. The van der Waals surface area contributed by atoms with E-state index in [0.717, 1.165) is 6.54 Å². The molecule has 0 amide bonds. The molecule has 0 bridgehead atoms. The molecular weight excluding hydrogens is 345 g/mol. The Kier molecular flexibility index (Phi) is 7.37. The number of para-hydroxylation sites is 1. The fourth-order valence-electron chi connectivity index (χ4n) is 2.26. The highest BCUT2D eigenvalue weighted by Gasteiger charge is 2.28. The third-order valence-electron chi connectivity index (χ3n) is 3.44. The van der Waals surface area contributed by atoms with E-state index in [1.807, 2.05) is 36.0 Å². The third-order valence-corrected chi connectivity index (χ3v) is 3.44. The van der Waals surface area contributed by atoms with Gasteiger partial charge < -0.3 is 19.9 Å². The molecule has 142 valence electrons. The first-order valence-electron chi connectivity index (χ1n) is 8.38. The Balaban J connectivity index is 1.95. The topological polar surface area (TPSA) is 50.6 Å². The van der Waals surface area contributed by atoms with Crippen LogP contribution in [0.2, 0.25) is 0 Å². The van der Waals surface area contributed by atoms with Gasteiger partial charge in [-0.2, -0.15) is 13.2 Å². The van der Waals surface area contributed by atoms with Gasteiger partial charge in [0.05, 0.1) is 6.54 Å². The summed E-state index contributed by atoms with van der Waals surface area (Å²) < 4.78 is 44.0. The third kappa shape index (κ3) is 7.08. The van der Waals surface area contributed by atoms with E-state index in [2.05, 4.69) is 15.6 Å². The van der Waals surface area contributed by atoms with E-state index in [1.165, 1.54) is 6.07 Å². The van der Waals surface area contributed by atoms with Gasteiger partial charge in [-0.05, 0) is 25.1 Å². The first-order valence-corrected chi connectivity index (χ1v) is 8.38. The number of hydrogen-bond donors (Lipinski definition) is 2. The number of hydrogen-bond acceptors (Lipinski definition) is 2. The molecule has 0 spiro atoms. The molecule has 5 nitrogen and oxygen atoms in total.